The van der Waals surface area contributed by atoms with Crippen molar-refractivity contribution in [2.75, 3.05) is 19.8 Å². The summed E-state index contributed by atoms with van der Waals surface area (Å²) < 4.78 is 7.48. The van der Waals surface area contributed by atoms with Crippen LogP contribution in [-0.2, 0) is 16.1 Å². The molecule has 1 fully saturated rings. The van der Waals surface area contributed by atoms with Gasteiger partial charge in [0.2, 0.25) is 5.91 Å². The van der Waals surface area contributed by atoms with Gasteiger partial charge in [0.05, 0.1) is 30.3 Å². The molecule has 0 saturated carbocycles. The average Bonchev–Trinajstić information content (AvgIpc) is 2.94. The van der Waals surface area contributed by atoms with Crippen LogP contribution in [0.5, 0.6) is 0 Å². The summed E-state index contributed by atoms with van der Waals surface area (Å²) in [5.41, 5.74) is 2.06. The van der Waals surface area contributed by atoms with Gasteiger partial charge in [-0.25, -0.2) is 4.98 Å². The number of rotatable bonds is 4. The third kappa shape index (κ3) is 2.84. The molecule has 0 bridgehead atoms. The molecule has 2 aromatic rings. The number of carbonyl (C=O) groups is 1. The van der Waals surface area contributed by atoms with E-state index in [0.717, 1.165) is 23.4 Å². The normalized spacial score (nSPS) is 20.0. The van der Waals surface area contributed by atoms with E-state index < -0.39 is 0 Å². The number of hydrogen-bond donors (Lipinski definition) is 2. The van der Waals surface area contributed by atoms with Gasteiger partial charge in [0.25, 0.3) is 0 Å². The van der Waals surface area contributed by atoms with Gasteiger partial charge in [0.15, 0.2) is 0 Å². The number of morpholine rings is 1. The molecule has 0 radical (unpaired) electrons. The molecule has 0 spiro atoms. The van der Waals surface area contributed by atoms with Gasteiger partial charge in [0.1, 0.15) is 11.9 Å². The van der Waals surface area contributed by atoms with Crippen LogP contribution in [0.1, 0.15) is 25.7 Å². The minimum absolute atomic E-state index is 0.0399. The quantitative estimate of drug-likeness (QED) is 0.891. The number of imidazole rings is 1. The molecule has 1 aromatic heterocycles. The maximum atomic E-state index is 12.3. The van der Waals surface area contributed by atoms with E-state index in [1.807, 2.05) is 25.1 Å². The molecule has 0 unspecified atom stereocenters. The van der Waals surface area contributed by atoms with Gasteiger partial charge in [-0.3, -0.25) is 4.79 Å². The number of ether oxygens (including phenoxy) is 1. The number of fused-ring (bicyclic) bond motifs is 1. The molecule has 2 atom stereocenters. The van der Waals surface area contributed by atoms with Gasteiger partial charge in [-0.05, 0) is 26.0 Å². The second-order valence-corrected chi connectivity index (χ2v) is 5.51. The number of aromatic nitrogens is 2. The van der Waals surface area contributed by atoms with Crippen LogP contribution in [0.4, 0.5) is 0 Å². The SMILES string of the molecule is CCn1c([C@@H](C)NC(=O)[C@@H]2COCCN2)nc2ccccc21. The molecule has 2 N–H and O–H groups in total. The van der Waals surface area contributed by atoms with Gasteiger partial charge >= 0.3 is 0 Å². The lowest BCUT2D eigenvalue weighted by Crippen LogP contribution is -2.51. The number of nitrogens with one attached hydrogen (secondary N) is 2. The van der Waals surface area contributed by atoms with Crippen LogP contribution in [0.2, 0.25) is 0 Å². The van der Waals surface area contributed by atoms with Gasteiger partial charge in [0, 0.05) is 13.1 Å². The first-order valence-corrected chi connectivity index (χ1v) is 7.77. The third-order valence-electron chi connectivity index (χ3n) is 3.98. The Hall–Kier alpha value is -1.92. The maximum Gasteiger partial charge on any atom is 0.240 e. The van der Waals surface area contributed by atoms with Crippen molar-refractivity contribution < 1.29 is 9.53 Å². The molecule has 1 aliphatic heterocycles. The van der Waals surface area contributed by atoms with E-state index >= 15 is 0 Å². The van der Waals surface area contributed by atoms with E-state index in [1.54, 1.807) is 0 Å². The van der Waals surface area contributed by atoms with E-state index in [9.17, 15) is 4.79 Å². The van der Waals surface area contributed by atoms with E-state index in [1.165, 1.54) is 0 Å². The predicted octanol–water partition coefficient (Wildman–Crippen LogP) is 1.22. The zero-order chi connectivity index (χ0) is 15.5. The van der Waals surface area contributed by atoms with Crippen molar-refractivity contribution in [1.29, 1.82) is 0 Å². The Kier molecular flexibility index (Phi) is 4.40. The Morgan fingerprint density at radius 2 is 2.36 bits per heavy atom. The zero-order valence-corrected chi connectivity index (χ0v) is 13.0. The fourth-order valence-electron chi connectivity index (χ4n) is 2.87. The van der Waals surface area contributed by atoms with Crippen molar-refractivity contribution in [2.24, 2.45) is 0 Å². The van der Waals surface area contributed by atoms with Crippen LogP contribution in [0, 0.1) is 0 Å². The standard InChI is InChI=1S/C16H22N4O2/c1-3-20-14-7-5-4-6-12(14)19-15(20)11(2)18-16(21)13-10-22-9-8-17-13/h4-7,11,13,17H,3,8-10H2,1-2H3,(H,18,21)/t11-,13+/m1/s1. The number of benzene rings is 1. The Labute approximate surface area is 129 Å². The lowest BCUT2D eigenvalue weighted by Gasteiger charge is -2.24. The summed E-state index contributed by atoms with van der Waals surface area (Å²) in [5.74, 6) is 0.843. The topological polar surface area (TPSA) is 68.2 Å². The second-order valence-electron chi connectivity index (χ2n) is 5.51. The van der Waals surface area contributed by atoms with Crippen molar-refractivity contribution >= 4 is 16.9 Å². The largest absolute Gasteiger partial charge is 0.378 e. The monoisotopic (exact) mass is 302 g/mol. The third-order valence-corrected chi connectivity index (χ3v) is 3.98. The molecule has 3 rings (SSSR count). The van der Waals surface area contributed by atoms with Crippen molar-refractivity contribution in [2.45, 2.75) is 32.5 Å². The van der Waals surface area contributed by atoms with Crippen molar-refractivity contribution in [3.8, 4) is 0 Å². The highest BCUT2D eigenvalue weighted by Gasteiger charge is 2.24. The lowest BCUT2D eigenvalue weighted by atomic mass is 10.2. The molecule has 1 amide bonds. The van der Waals surface area contributed by atoms with Crippen molar-refractivity contribution in [3.05, 3.63) is 30.1 Å². The fourth-order valence-corrected chi connectivity index (χ4v) is 2.87. The summed E-state index contributed by atoms with van der Waals surface area (Å²) in [5, 5.41) is 6.20. The van der Waals surface area contributed by atoms with Crippen LogP contribution in [-0.4, -0.2) is 41.3 Å². The van der Waals surface area contributed by atoms with Crippen LogP contribution >= 0.6 is 0 Å². The van der Waals surface area contributed by atoms with Gasteiger partial charge in [-0.1, -0.05) is 12.1 Å². The van der Waals surface area contributed by atoms with Crippen molar-refractivity contribution in [3.63, 3.8) is 0 Å². The number of aryl methyl sites for hydroxylation is 1. The number of carbonyl (C=O) groups excluding carboxylic acids is 1. The Morgan fingerprint density at radius 1 is 1.55 bits per heavy atom. The van der Waals surface area contributed by atoms with Crippen molar-refractivity contribution in [1.82, 2.24) is 20.2 Å². The highest BCUT2D eigenvalue weighted by Crippen LogP contribution is 2.20. The number of hydrogen-bond acceptors (Lipinski definition) is 4. The smallest absolute Gasteiger partial charge is 0.240 e. The highest BCUT2D eigenvalue weighted by molar-refractivity contribution is 5.82. The lowest BCUT2D eigenvalue weighted by molar-refractivity contribution is -0.126. The number of amides is 1. The summed E-state index contributed by atoms with van der Waals surface area (Å²) in [7, 11) is 0. The summed E-state index contributed by atoms with van der Waals surface area (Å²) in [6, 6.07) is 7.61. The molecule has 118 valence electrons. The molecule has 1 aromatic carbocycles. The molecule has 0 aliphatic carbocycles. The maximum absolute atomic E-state index is 12.3. The summed E-state index contributed by atoms with van der Waals surface area (Å²) in [6.45, 7) is 6.66. The second kappa shape index (κ2) is 6.46. The van der Waals surface area contributed by atoms with Crippen LogP contribution in [0.25, 0.3) is 11.0 Å². The Balaban J connectivity index is 1.79. The van der Waals surface area contributed by atoms with E-state index in [2.05, 4.69) is 33.2 Å². The average molecular weight is 302 g/mol. The molecule has 1 aliphatic rings. The molecule has 6 nitrogen and oxygen atoms in total. The Morgan fingerprint density at radius 3 is 3.09 bits per heavy atom. The first-order valence-electron chi connectivity index (χ1n) is 7.77. The molecule has 1 saturated heterocycles. The first kappa shape index (κ1) is 15.0. The van der Waals surface area contributed by atoms with Crippen LogP contribution in [0.15, 0.2) is 24.3 Å². The summed E-state index contributed by atoms with van der Waals surface area (Å²) in [6.07, 6.45) is 0. The predicted molar refractivity (Wildman–Crippen MR) is 84.6 cm³/mol. The molecule has 2 heterocycles. The van der Waals surface area contributed by atoms with Gasteiger partial charge < -0.3 is 19.9 Å². The van der Waals surface area contributed by atoms with E-state index in [0.29, 0.717) is 19.8 Å². The molecule has 6 heteroatoms. The highest BCUT2D eigenvalue weighted by atomic mass is 16.5. The van der Waals surface area contributed by atoms with E-state index in [4.69, 9.17) is 4.74 Å². The van der Waals surface area contributed by atoms with E-state index in [-0.39, 0.29) is 18.0 Å². The summed E-state index contributed by atoms with van der Waals surface area (Å²) in [4.78, 5) is 17.0. The number of para-hydroxylation sites is 2. The van der Waals surface area contributed by atoms with Gasteiger partial charge in [-0.15, -0.1) is 0 Å². The molecule has 22 heavy (non-hydrogen) atoms. The first-order chi connectivity index (χ1) is 10.7. The number of nitrogens with zero attached hydrogens (tertiary/aromatic N) is 2. The molecular weight excluding hydrogens is 280 g/mol. The Bertz CT molecular complexity index is 661. The summed E-state index contributed by atoms with van der Waals surface area (Å²) >= 11 is 0. The zero-order valence-electron chi connectivity index (χ0n) is 13.0. The van der Waals surface area contributed by atoms with Gasteiger partial charge in [-0.2, -0.15) is 0 Å². The molecular formula is C16H22N4O2. The van der Waals surface area contributed by atoms with Crippen LogP contribution < -0.4 is 10.6 Å². The minimum atomic E-state index is -0.282. The fraction of sp³-hybridized carbons (Fsp3) is 0.500. The van der Waals surface area contributed by atoms with Crippen LogP contribution in [0.3, 0.4) is 0 Å². The minimum Gasteiger partial charge on any atom is -0.378 e.